The lowest BCUT2D eigenvalue weighted by molar-refractivity contribution is 0.471. The normalized spacial score (nSPS) is 17.6. The van der Waals surface area contributed by atoms with E-state index in [9.17, 15) is 0 Å². The van der Waals surface area contributed by atoms with Gasteiger partial charge in [-0.05, 0) is 51.0 Å². The van der Waals surface area contributed by atoms with Crippen molar-refractivity contribution in [2.75, 3.05) is 0 Å². The molecule has 0 saturated heterocycles. The van der Waals surface area contributed by atoms with E-state index in [0.29, 0.717) is 6.04 Å². The number of aromatic nitrogens is 2. The molecular formula is C14H24N4. The lowest BCUT2D eigenvalue weighted by Crippen LogP contribution is -2.36. The Hall–Kier alpha value is -1.13. The zero-order chi connectivity index (χ0) is 12.8. The minimum Gasteiger partial charge on any atom is -0.273 e. The molecule has 1 heterocycles. The van der Waals surface area contributed by atoms with Gasteiger partial charge in [0.1, 0.15) is 0 Å². The van der Waals surface area contributed by atoms with E-state index in [1.807, 2.05) is 17.9 Å². The van der Waals surface area contributed by atoms with Crippen LogP contribution in [0.25, 0.3) is 0 Å². The lowest BCUT2D eigenvalue weighted by atomic mass is 9.93. The predicted octanol–water partition coefficient (Wildman–Crippen LogP) is 2.08. The van der Waals surface area contributed by atoms with E-state index >= 15 is 0 Å². The van der Waals surface area contributed by atoms with Crippen LogP contribution in [0.4, 0.5) is 0 Å². The van der Waals surface area contributed by atoms with Gasteiger partial charge in [-0.25, -0.2) is 0 Å². The largest absolute Gasteiger partial charge is 0.273 e. The number of nitrogens with zero attached hydrogens (tertiary/aromatic N) is 2. The van der Waals surface area contributed by atoms with Crippen molar-refractivity contribution >= 4 is 0 Å². The standard InChI is InChI=1S/C14H24N4/c1-18-14(9-10-16-18)8-7-13(17-15)11-12-5-3-2-4-6-12/h5,9-10,13,17H,2-4,6-8,11,15H2,1H3. The van der Waals surface area contributed by atoms with Gasteiger partial charge < -0.3 is 0 Å². The quantitative estimate of drug-likeness (QED) is 0.460. The van der Waals surface area contributed by atoms with Crippen molar-refractivity contribution in [3.05, 3.63) is 29.6 Å². The molecule has 1 aliphatic carbocycles. The van der Waals surface area contributed by atoms with Crippen molar-refractivity contribution in [3.8, 4) is 0 Å². The molecular weight excluding hydrogens is 224 g/mol. The minimum atomic E-state index is 0.379. The molecule has 100 valence electrons. The number of rotatable bonds is 6. The summed E-state index contributed by atoms with van der Waals surface area (Å²) in [6.45, 7) is 0. The van der Waals surface area contributed by atoms with Crippen LogP contribution in [0.3, 0.4) is 0 Å². The summed E-state index contributed by atoms with van der Waals surface area (Å²) in [6, 6.07) is 2.46. The second-order valence-electron chi connectivity index (χ2n) is 5.16. The monoisotopic (exact) mass is 248 g/mol. The Morgan fingerprint density at radius 1 is 1.50 bits per heavy atom. The third kappa shape index (κ3) is 3.68. The number of aryl methyl sites for hydroxylation is 2. The third-order valence-electron chi connectivity index (χ3n) is 3.80. The Morgan fingerprint density at radius 3 is 3.00 bits per heavy atom. The van der Waals surface area contributed by atoms with Crippen LogP contribution in [0.2, 0.25) is 0 Å². The van der Waals surface area contributed by atoms with Crippen LogP contribution in [0.15, 0.2) is 23.9 Å². The maximum atomic E-state index is 5.67. The number of hydrazine groups is 1. The number of hydrogen-bond donors (Lipinski definition) is 2. The highest BCUT2D eigenvalue weighted by Crippen LogP contribution is 2.22. The molecule has 0 aromatic carbocycles. The second-order valence-corrected chi connectivity index (χ2v) is 5.16. The average molecular weight is 248 g/mol. The Labute approximate surface area is 109 Å². The first-order chi connectivity index (χ1) is 8.79. The topological polar surface area (TPSA) is 55.9 Å². The molecule has 1 atom stereocenters. The van der Waals surface area contributed by atoms with Crippen molar-refractivity contribution in [2.45, 2.75) is 51.0 Å². The van der Waals surface area contributed by atoms with Gasteiger partial charge in [-0.15, -0.1) is 0 Å². The molecule has 1 aliphatic rings. The molecule has 1 aromatic rings. The molecule has 0 fully saturated rings. The number of hydrogen-bond acceptors (Lipinski definition) is 3. The molecule has 0 spiro atoms. The summed E-state index contributed by atoms with van der Waals surface area (Å²) in [7, 11) is 1.99. The fourth-order valence-electron chi connectivity index (χ4n) is 2.62. The summed E-state index contributed by atoms with van der Waals surface area (Å²) in [5.74, 6) is 5.67. The molecule has 2 rings (SSSR count). The summed E-state index contributed by atoms with van der Waals surface area (Å²) >= 11 is 0. The van der Waals surface area contributed by atoms with Crippen molar-refractivity contribution in [1.29, 1.82) is 0 Å². The summed E-state index contributed by atoms with van der Waals surface area (Å²) < 4.78 is 1.94. The number of allylic oxidation sites excluding steroid dienone is 1. The number of nitrogens with two attached hydrogens (primary N) is 1. The summed E-state index contributed by atoms with van der Waals surface area (Å²) in [5.41, 5.74) is 5.81. The highest BCUT2D eigenvalue weighted by molar-refractivity contribution is 5.07. The molecule has 0 aliphatic heterocycles. The number of nitrogens with one attached hydrogen (secondary N) is 1. The van der Waals surface area contributed by atoms with Crippen molar-refractivity contribution in [1.82, 2.24) is 15.2 Å². The molecule has 18 heavy (non-hydrogen) atoms. The highest BCUT2D eigenvalue weighted by atomic mass is 15.3. The first kappa shape index (κ1) is 13.3. The van der Waals surface area contributed by atoms with E-state index in [0.717, 1.165) is 19.3 Å². The zero-order valence-corrected chi connectivity index (χ0v) is 11.2. The van der Waals surface area contributed by atoms with Gasteiger partial charge in [0.15, 0.2) is 0 Å². The van der Waals surface area contributed by atoms with Gasteiger partial charge in [0.05, 0.1) is 0 Å². The molecule has 1 unspecified atom stereocenters. The van der Waals surface area contributed by atoms with Gasteiger partial charge in [0.25, 0.3) is 0 Å². The highest BCUT2D eigenvalue weighted by Gasteiger charge is 2.12. The van der Waals surface area contributed by atoms with Crippen LogP contribution in [0, 0.1) is 0 Å². The molecule has 0 saturated carbocycles. The SMILES string of the molecule is Cn1nccc1CCC(CC1=CCCCC1)NN. The van der Waals surface area contributed by atoms with Crippen LogP contribution in [0.5, 0.6) is 0 Å². The van der Waals surface area contributed by atoms with Crippen molar-refractivity contribution in [2.24, 2.45) is 12.9 Å². The van der Waals surface area contributed by atoms with Gasteiger partial charge in [-0.3, -0.25) is 16.0 Å². The molecule has 0 amide bonds. The minimum absolute atomic E-state index is 0.379. The Morgan fingerprint density at radius 2 is 2.39 bits per heavy atom. The fraction of sp³-hybridized carbons (Fsp3) is 0.643. The molecule has 0 bridgehead atoms. The Balaban J connectivity index is 1.82. The first-order valence-corrected chi connectivity index (χ1v) is 6.90. The van der Waals surface area contributed by atoms with Crippen molar-refractivity contribution in [3.63, 3.8) is 0 Å². The summed E-state index contributed by atoms with van der Waals surface area (Å²) in [4.78, 5) is 0. The molecule has 1 aromatic heterocycles. The van der Waals surface area contributed by atoms with Crippen LogP contribution in [-0.4, -0.2) is 15.8 Å². The molecule has 4 heteroatoms. The first-order valence-electron chi connectivity index (χ1n) is 6.90. The second kappa shape index (κ2) is 6.71. The van der Waals surface area contributed by atoms with E-state index in [1.54, 1.807) is 5.57 Å². The maximum absolute atomic E-state index is 5.67. The summed E-state index contributed by atoms with van der Waals surface area (Å²) in [6.07, 6.45) is 12.6. The van der Waals surface area contributed by atoms with Gasteiger partial charge in [-0.2, -0.15) is 5.10 Å². The predicted molar refractivity (Wildman–Crippen MR) is 73.8 cm³/mol. The smallest absolute Gasteiger partial charge is 0.0492 e. The molecule has 0 radical (unpaired) electrons. The van der Waals surface area contributed by atoms with E-state index in [4.69, 9.17) is 5.84 Å². The van der Waals surface area contributed by atoms with Gasteiger partial charge >= 0.3 is 0 Å². The van der Waals surface area contributed by atoms with Gasteiger partial charge in [-0.1, -0.05) is 11.6 Å². The molecule has 3 N–H and O–H groups in total. The van der Waals surface area contributed by atoms with Crippen LogP contribution in [0.1, 0.15) is 44.2 Å². The van der Waals surface area contributed by atoms with E-state index in [-0.39, 0.29) is 0 Å². The lowest BCUT2D eigenvalue weighted by Gasteiger charge is -2.20. The fourth-order valence-corrected chi connectivity index (χ4v) is 2.62. The zero-order valence-electron chi connectivity index (χ0n) is 11.2. The van der Waals surface area contributed by atoms with E-state index < -0.39 is 0 Å². The van der Waals surface area contributed by atoms with Crippen LogP contribution < -0.4 is 11.3 Å². The van der Waals surface area contributed by atoms with Crippen LogP contribution in [-0.2, 0) is 13.5 Å². The van der Waals surface area contributed by atoms with Crippen LogP contribution >= 0.6 is 0 Å². The van der Waals surface area contributed by atoms with E-state index in [1.165, 1.54) is 31.4 Å². The van der Waals surface area contributed by atoms with E-state index in [2.05, 4.69) is 22.7 Å². The van der Waals surface area contributed by atoms with Gasteiger partial charge in [0.2, 0.25) is 0 Å². The summed E-state index contributed by atoms with van der Waals surface area (Å²) in [5, 5.41) is 4.19. The average Bonchev–Trinajstić information content (AvgIpc) is 2.81. The maximum Gasteiger partial charge on any atom is 0.0492 e. The van der Waals surface area contributed by atoms with Crippen molar-refractivity contribution < 1.29 is 0 Å². The Bertz CT molecular complexity index is 394. The van der Waals surface area contributed by atoms with Gasteiger partial charge in [0, 0.05) is 25.0 Å². The molecule has 4 nitrogen and oxygen atoms in total. The Kier molecular flexibility index (Phi) is 4.96. The third-order valence-corrected chi connectivity index (χ3v) is 3.80.